The normalized spacial score (nSPS) is 12.2. The highest BCUT2D eigenvalue weighted by molar-refractivity contribution is 5.99. The number of ether oxygens (including phenoxy) is 1. The Morgan fingerprint density at radius 2 is 1.62 bits per heavy atom. The highest BCUT2D eigenvalue weighted by atomic mass is 16.5. The summed E-state index contributed by atoms with van der Waals surface area (Å²) in [6.07, 6.45) is 0.215. The lowest BCUT2D eigenvalue weighted by atomic mass is 10.0. The lowest BCUT2D eigenvalue weighted by Gasteiger charge is -2.20. The lowest BCUT2D eigenvalue weighted by Crippen LogP contribution is -2.27. The molecule has 0 amide bonds. The van der Waals surface area contributed by atoms with Gasteiger partial charge in [-0.25, -0.2) is 0 Å². The van der Waals surface area contributed by atoms with Crippen LogP contribution in [-0.4, -0.2) is 11.9 Å². The fourth-order valence-corrected chi connectivity index (χ4v) is 2.33. The van der Waals surface area contributed by atoms with Crippen LogP contribution in [0.25, 0.3) is 0 Å². The van der Waals surface area contributed by atoms with E-state index in [4.69, 9.17) is 4.74 Å². The number of carbonyl (C=O) groups excluding carboxylic acids is 1. The zero-order chi connectivity index (χ0) is 15.2. The third-order valence-corrected chi connectivity index (χ3v) is 3.53. The van der Waals surface area contributed by atoms with Gasteiger partial charge in [-0.15, -0.1) is 0 Å². The van der Waals surface area contributed by atoms with Gasteiger partial charge in [-0.2, -0.15) is 0 Å². The molecule has 2 aromatic carbocycles. The van der Waals surface area contributed by atoms with Crippen LogP contribution < -0.4 is 4.74 Å². The molecule has 0 saturated heterocycles. The Bertz CT molecular complexity index is 588. The quantitative estimate of drug-likeness (QED) is 0.708. The van der Waals surface area contributed by atoms with Crippen LogP contribution in [0.1, 0.15) is 49.0 Å². The molecule has 0 aliphatic heterocycles. The molecular weight excluding hydrogens is 260 g/mol. The first-order chi connectivity index (χ1) is 10.1. The standard InChI is InChI=1S/C19H22O2/c1-4-17(19(20)15-10-6-5-7-11-15)21-18-13-9-8-12-16(18)14(2)3/h5-14,17H,4H2,1-3H3. The predicted octanol–water partition coefficient (Wildman–Crippen LogP) is 4.85. The summed E-state index contributed by atoms with van der Waals surface area (Å²) in [4.78, 5) is 12.5. The average molecular weight is 282 g/mol. The molecule has 1 atom stereocenters. The third-order valence-electron chi connectivity index (χ3n) is 3.53. The molecule has 2 rings (SSSR count). The average Bonchev–Trinajstić information content (AvgIpc) is 2.53. The molecule has 0 fully saturated rings. The zero-order valence-corrected chi connectivity index (χ0v) is 12.9. The summed E-state index contributed by atoms with van der Waals surface area (Å²) in [5.41, 5.74) is 1.84. The van der Waals surface area contributed by atoms with Crippen LogP contribution in [0.2, 0.25) is 0 Å². The number of hydrogen-bond acceptors (Lipinski definition) is 2. The molecular formula is C19H22O2. The molecule has 2 heteroatoms. The lowest BCUT2D eigenvalue weighted by molar-refractivity contribution is 0.0784. The Morgan fingerprint density at radius 3 is 2.24 bits per heavy atom. The first kappa shape index (κ1) is 15.3. The molecule has 0 bridgehead atoms. The fourth-order valence-electron chi connectivity index (χ4n) is 2.33. The number of carbonyl (C=O) groups is 1. The van der Waals surface area contributed by atoms with E-state index < -0.39 is 6.10 Å². The van der Waals surface area contributed by atoms with Crippen LogP contribution in [-0.2, 0) is 0 Å². The Balaban J connectivity index is 2.22. The van der Waals surface area contributed by atoms with E-state index in [0.717, 1.165) is 11.3 Å². The highest BCUT2D eigenvalue weighted by Crippen LogP contribution is 2.27. The second kappa shape index (κ2) is 7.07. The number of Topliss-reactive ketones (excluding diaryl/α,β-unsaturated/α-hetero) is 1. The highest BCUT2D eigenvalue weighted by Gasteiger charge is 2.21. The van der Waals surface area contributed by atoms with Gasteiger partial charge in [0.2, 0.25) is 5.78 Å². The minimum absolute atomic E-state index is 0.0386. The van der Waals surface area contributed by atoms with Crippen LogP contribution in [0.15, 0.2) is 54.6 Å². The van der Waals surface area contributed by atoms with Gasteiger partial charge in [0.05, 0.1) is 0 Å². The van der Waals surface area contributed by atoms with Crippen molar-refractivity contribution in [3.63, 3.8) is 0 Å². The fraction of sp³-hybridized carbons (Fsp3) is 0.316. The van der Waals surface area contributed by atoms with Crippen molar-refractivity contribution in [2.75, 3.05) is 0 Å². The third kappa shape index (κ3) is 3.72. The molecule has 1 unspecified atom stereocenters. The molecule has 0 spiro atoms. The van der Waals surface area contributed by atoms with Crippen molar-refractivity contribution >= 4 is 5.78 Å². The Hall–Kier alpha value is -2.09. The van der Waals surface area contributed by atoms with E-state index in [0.29, 0.717) is 17.9 Å². The van der Waals surface area contributed by atoms with Crippen LogP contribution in [0.3, 0.4) is 0 Å². The van der Waals surface area contributed by atoms with E-state index >= 15 is 0 Å². The number of hydrogen-bond donors (Lipinski definition) is 0. The monoisotopic (exact) mass is 282 g/mol. The van der Waals surface area contributed by atoms with E-state index in [9.17, 15) is 4.79 Å². The van der Waals surface area contributed by atoms with E-state index in [1.807, 2.05) is 55.5 Å². The molecule has 2 aromatic rings. The van der Waals surface area contributed by atoms with Crippen LogP contribution in [0, 0.1) is 0 Å². The summed E-state index contributed by atoms with van der Waals surface area (Å²) in [6, 6.07) is 17.3. The van der Waals surface area contributed by atoms with Gasteiger partial charge in [0.1, 0.15) is 5.75 Å². The zero-order valence-electron chi connectivity index (χ0n) is 12.9. The van der Waals surface area contributed by atoms with Gasteiger partial charge in [-0.3, -0.25) is 4.79 Å². The summed E-state index contributed by atoms with van der Waals surface area (Å²) in [5.74, 6) is 1.21. The van der Waals surface area contributed by atoms with Gasteiger partial charge in [0.15, 0.2) is 6.10 Å². The minimum atomic E-state index is -0.438. The summed E-state index contributed by atoms with van der Waals surface area (Å²) >= 11 is 0. The maximum atomic E-state index is 12.5. The molecule has 2 nitrogen and oxygen atoms in total. The van der Waals surface area contributed by atoms with Gasteiger partial charge >= 0.3 is 0 Å². The maximum absolute atomic E-state index is 12.5. The minimum Gasteiger partial charge on any atom is -0.482 e. The van der Waals surface area contributed by atoms with Gasteiger partial charge in [0.25, 0.3) is 0 Å². The molecule has 0 radical (unpaired) electrons. The van der Waals surface area contributed by atoms with Crippen molar-refractivity contribution in [2.45, 2.75) is 39.2 Å². The van der Waals surface area contributed by atoms with E-state index in [2.05, 4.69) is 19.9 Å². The van der Waals surface area contributed by atoms with Gasteiger partial charge in [0, 0.05) is 5.56 Å². The Kier molecular flexibility index (Phi) is 5.15. The molecule has 110 valence electrons. The molecule has 0 saturated carbocycles. The molecule has 0 N–H and O–H groups in total. The van der Waals surface area contributed by atoms with E-state index in [1.54, 1.807) is 0 Å². The van der Waals surface area contributed by atoms with Gasteiger partial charge in [-0.05, 0) is 24.0 Å². The largest absolute Gasteiger partial charge is 0.482 e. The molecule has 0 heterocycles. The van der Waals surface area contributed by atoms with E-state index in [1.165, 1.54) is 0 Å². The first-order valence-electron chi connectivity index (χ1n) is 7.48. The summed E-state index contributed by atoms with van der Waals surface area (Å²) in [7, 11) is 0. The topological polar surface area (TPSA) is 26.3 Å². The summed E-state index contributed by atoms with van der Waals surface area (Å²) in [5, 5.41) is 0. The first-order valence-corrected chi connectivity index (χ1v) is 7.48. The van der Waals surface area contributed by atoms with Crippen molar-refractivity contribution in [2.24, 2.45) is 0 Å². The summed E-state index contributed by atoms with van der Waals surface area (Å²) in [6.45, 7) is 6.23. The van der Waals surface area contributed by atoms with Gasteiger partial charge in [-0.1, -0.05) is 69.3 Å². The van der Waals surface area contributed by atoms with E-state index in [-0.39, 0.29) is 5.78 Å². The van der Waals surface area contributed by atoms with Crippen molar-refractivity contribution in [1.82, 2.24) is 0 Å². The summed E-state index contributed by atoms with van der Waals surface area (Å²) < 4.78 is 6.02. The van der Waals surface area contributed by atoms with Crippen molar-refractivity contribution in [3.8, 4) is 5.75 Å². The van der Waals surface area contributed by atoms with Gasteiger partial charge < -0.3 is 4.74 Å². The van der Waals surface area contributed by atoms with Crippen molar-refractivity contribution in [1.29, 1.82) is 0 Å². The number of ketones is 1. The van der Waals surface area contributed by atoms with Crippen molar-refractivity contribution in [3.05, 3.63) is 65.7 Å². The SMILES string of the molecule is CCC(Oc1ccccc1C(C)C)C(=O)c1ccccc1. The predicted molar refractivity (Wildman–Crippen MR) is 86.0 cm³/mol. The Morgan fingerprint density at radius 1 is 1.00 bits per heavy atom. The van der Waals surface area contributed by atoms with Crippen LogP contribution in [0.5, 0.6) is 5.75 Å². The molecule has 0 aromatic heterocycles. The maximum Gasteiger partial charge on any atom is 0.203 e. The second-order valence-corrected chi connectivity index (χ2v) is 5.44. The van der Waals surface area contributed by atoms with Crippen LogP contribution >= 0.6 is 0 Å². The van der Waals surface area contributed by atoms with Crippen LogP contribution in [0.4, 0.5) is 0 Å². The van der Waals surface area contributed by atoms with Crippen molar-refractivity contribution < 1.29 is 9.53 Å². The Labute approximate surface area is 126 Å². The second-order valence-electron chi connectivity index (χ2n) is 5.44. The molecule has 0 aliphatic rings. The smallest absolute Gasteiger partial charge is 0.203 e. The number of benzene rings is 2. The number of para-hydroxylation sites is 1. The molecule has 21 heavy (non-hydrogen) atoms. The molecule has 0 aliphatic carbocycles. The number of rotatable bonds is 6.